The van der Waals surface area contributed by atoms with Gasteiger partial charge in [-0.25, -0.2) is 0 Å². The van der Waals surface area contributed by atoms with Crippen molar-refractivity contribution in [1.82, 2.24) is 0 Å². The first-order valence-electron chi connectivity index (χ1n) is 5.13. The smallest absolute Gasteiger partial charge is 0.153 e. The van der Waals surface area contributed by atoms with Crippen LogP contribution in [0.25, 0.3) is 5.57 Å². The molecule has 0 aliphatic rings. The summed E-state index contributed by atoms with van der Waals surface area (Å²) in [6, 6.07) is 13.6. The fourth-order valence-electron chi connectivity index (χ4n) is 1.49. The number of aldehydes is 1. The maximum atomic E-state index is 10.9. The van der Waals surface area contributed by atoms with Crippen LogP contribution < -0.4 is 0 Å². The summed E-state index contributed by atoms with van der Waals surface area (Å²) in [6.07, 6.45) is 4.99. The molecule has 0 bridgehead atoms. The van der Waals surface area contributed by atoms with Crippen molar-refractivity contribution in [2.75, 3.05) is 0 Å². The summed E-state index contributed by atoms with van der Waals surface area (Å²) in [5.74, 6) is 0.617. The van der Waals surface area contributed by atoms with Crippen LogP contribution in [0.1, 0.15) is 11.3 Å². The number of rotatable bonds is 4. The molecular formula is C14H12O2. The molecule has 0 atom stereocenters. The molecule has 1 aromatic carbocycles. The molecule has 2 nitrogen and oxygen atoms in total. The van der Waals surface area contributed by atoms with Gasteiger partial charge in [-0.05, 0) is 24.1 Å². The molecule has 0 radical (unpaired) electrons. The molecule has 0 spiro atoms. The minimum Gasteiger partial charge on any atom is -0.464 e. The Bertz CT molecular complexity index is 467. The first-order valence-corrected chi connectivity index (χ1v) is 5.13. The normalized spacial score (nSPS) is 11.4. The summed E-state index contributed by atoms with van der Waals surface area (Å²) in [5, 5.41) is 0. The van der Waals surface area contributed by atoms with Gasteiger partial charge in [-0.3, -0.25) is 4.79 Å². The number of furan rings is 1. The quantitative estimate of drug-likeness (QED) is 0.575. The van der Waals surface area contributed by atoms with E-state index in [4.69, 9.17) is 4.42 Å². The van der Waals surface area contributed by atoms with Crippen LogP contribution in [0.4, 0.5) is 0 Å². The third-order valence-electron chi connectivity index (χ3n) is 2.33. The molecule has 0 amide bonds. The van der Waals surface area contributed by atoms with Crippen molar-refractivity contribution in [2.24, 2.45) is 0 Å². The Balaban J connectivity index is 2.14. The zero-order valence-corrected chi connectivity index (χ0v) is 8.80. The van der Waals surface area contributed by atoms with Crippen molar-refractivity contribution in [2.45, 2.75) is 6.42 Å². The molecule has 0 N–H and O–H groups in total. The highest BCUT2D eigenvalue weighted by molar-refractivity contribution is 6.05. The average Bonchev–Trinajstić information content (AvgIpc) is 2.85. The minimum absolute atomic E-state index is 0.592. The monoisotopic (exact) mass is 212 g/mol. The molecule has 80 valence electrons. The van der Waals surface area contributed by atoms with Gasteiger partial charge in [0.05, 0.1) is 11.8 Å². The molecule has 1 aromatic heterocycles. The van der Waals surface area contributed by atoms with Gasteiger partial charge in [0.25, 0.3) is 0 Å². The van der Waals surface area contributed by atoms with Crippen molar-refractivity contribution in [3.05, 3.63) is 66.1 Å². The van der Waals surface area contributed by atoms with Gasteiger partial charge >= 0.3 is 0 Å². The van der Waals surface area contributed by atoms with Gasteiger partial charge in [-0.1, -0.05) is 36.4 Å². The molecule has 0 saturated carbocycles. The van der Waals surface area contributed by atoms with Gasteiger partial charge in [-0.2, -0.15) is 0 Å². The zero-order chi connectivity index (χ0) is 11.2. The van der Waals surface area contributed by atoms with Gasteiger partial charge in [0, 0.05) is 0 Å². The molecule has 16 heavy (non-hydrogen) atoms. The molecule has 0 unspecified atom stereocenters. The fourth-order valence-corrected chi connectivity index (χ4v) is 1.49. The predicted octanol–water partition coefficient (Wildman–Crippen LogP) is 3.10. The lowest BCUT2D eigenvalue weighted by Crippen LogP contribution is -1.86. The van der Waals surface area contributed by atoms with Gasteiger partial charge < -0.3 is 4.42 Å². The Labute approximate surface area is 94.2 Å². The van der Waals surface area contributed by atoms with Crippen molar-refractivity contribution in [3.63, 3.8) is 0 Å². The summed E-state index contributed by atoms with van der Waals surface area (Å²) in [5.41, 5.74) is 1.77. The highest BCUT2D eigenvalue weighted by Crippen LogP contribution is 2.13. The first-order chi connectivity index (χ1) is 7.90. The van der Waals surface area contributed by atoms with Crippen LogP contribution in [-0.2, 0) is 11.2 Å². The van der Waals surface area contributed by atoms with Crippen molar-refractivity contribution < 1.29 is 9.21 Å². The van der Waals surface area contributed by atoms with E-state index in [1.165, 1.54) is 5.56 Å². The summed E-state index contributed by atoms with van der Waals surface area (Å²) >= 11 is 0. The molecular weight excluding hydrogens is 200 g/mol. The second-order valence-electron chi connectivity index (χ2n) is 3.44. The SMILES string of the molecule is O=CC(=CCc1ccccc1)c1ccco1. The largest absolute Gasteiger partial charge is 0.464 e. The van der Waals surface area contributed by atoms with E-state index in [-0.39, 0.29) is 0 Å². The molecule has 0 aliphatic heterocycles. The van der Waals surface area contributed by atoms with Crippen LogP contribution in [0.5, 0.6) is 0 Å². The van der Waals surface area contributed by atoms with E-state index in [1.807, 2.05) is 36.4 Å². The Morgan fingerprint density at radius 1 is 1.12 bits per heavy atom. The fraction of sp³-hybridized carbons (Fsp3) is 0.0714. The van der Waals surface area contributed by atoms with Crippen LogP contribution in [-0.4, -0.2) is 6.29 Å². The highest BCUT2D eigenvalue weighted by Gasteiger charge is 2.02. The van der Waals surface area contributed by atoms with Gasteiger partial charge in [-0.15, -0.1) is 0 Å². The van der Waals surface area contributed by atoms with Crippen LogP contribution in [0.2, 0.25) is 0 Å². The standard InChI is InChI=1S/C14H12O2/c15-11-13(14-7-4-10-16-14)9-8-12-5-2-1-3-6-12/h1-7,9-11H,8H2. The second kappa shape index (κ2) is 5.12. The van der Waals surface area contributed by atoms with E-state index in [1.54, 1.807) is 18.4 Å². The second-order valence-corrected chi connectivity index (χ2v) is 3.44. The number of carbonyl (C=O) groups excluding carboxylic acids is 1. The average molecular weight is 212 g/mol. The Morgan fingerprint density at radius 2 is 1.94 bits per heavy atom. The summed E-state index contributed by atoms with van der Waals surface area (Å²) < 4.78 is 5.18. The number of carbonyl (C=O) groups is 1. The van der Waals surface area contributed by atoms with Gasteiger partial charge in [0.15, 0.2) is 6.29 Å². The third-order valence-corrected chi connectivity index (χ3v) is 2.33. The van der Waals surface area contributed by atoms with E-state index in [0.717, 1.165) is 12.7 Å². The molecule has 2 aromatic rings. The van der Waals surface area contributed by atoms with Crippen LogP contribution >= 0.6 is 0 Å². The molecule has 0 fully saturated rings. The topological polar surface area (TPSA) is 30.2 Å². The van der Waals surface area contributed by atoms with E-state index >= 15 is 0 Å². The molecule has 1 heterocycles. The minimum atomic E-state index is 0.592. The molecule has 2 rings (SSSR count). The van der Waals surface area contributed by atoms with Crippen LogP contribution in [0.3, 0.4) is 0 Å². The van der Waals surface area contributed by atoms with Crippen molar-refractivity contribution >= 4 is 11.9 Å². The third kappa shape index (κ3) is 2.48. The number of hydrogen-bond acceptors (Lipinski definition) is 2. The summed E-state index contributed by atoms with van der Waals surface area (Å²) in [6.45, 7) is 0. The van der Waals surface area contributed by atoms with E-state index < -0.39 is 0 Å². The first kappa shape index (κ1) is 10.4. The van der Waals surface area contributed by atoms with E-state index in [9.17, 15) is 4.79 Å². The maximum absolute atomic E-state index is 10.9. The molecule has 2 heteroatoms. The van der Waals surface area contributed by atoms with E-state index in [0.29, 0.717) is 11.3 Å². The summed E-state index contributed by atoms with van der Waals surface area (Å²) in [7, 11) is 0. The summed E-state index contributed by atoms with van der Waals surface area (Å²) in [4.78, 5) is 10.9. The molecule has 0 saturated heterocycles. The Hall–Kier alpha value is -2.09. The maximum Gasteiger partial charge on any atom is 0.153 e. The van der Waals surface area contributed by atoms with E-state index in [2.05, 4.69) is 0 Å². The molecule has 0 aliphatic carbocycles. The lowest BCUT2D eigenvalue weighted by atomic mass is 10.1. The van der Waals surface area contributed by atoms with Gasteiger partial charge in [0.1, 0.15) is 5.76 Å². The van der Waals surface area contributed by atoms with Crippen molar-refractivity contribution in [1.29, 1.82) is 0 Å². The highest BCUT2D eigenvalue weighted by atomic mass is 16.3. The lowest BCUT2D eigenvalue weighted by molar-refractivity contribution is -0.103. The van der Waals surface area contributed by atoms with Gasteiger partial charge in [0.2, 0.25) is 0 Å². The zero-order valence-electron chi connectivity index (χ0n) is 8.80. The van der Waals surface area contributed by atoms with Crippen molar-refractivity contribution in [3.8, 4) is 0 Å². The van der Waals surface area contributed by atoms with Crippen LogP contribution in [0, 0.1) is 0 Å². The van der Waals surface area contributed by atoms with Crippen LogP contribution in [0.15, 0.2) is 59.2 Å². The predicted molar refractivity (Wildman–Crippen MR) is 62.9 cm³/mol. The number of hydrogen-bond donors (Lipinski definition) is 0. The number of benzene rings is 1. The lowest BCUT2D eigenvalue weighted by Gasteiger charge is -1.97. The Morgan fingerprint density at radius 3 is 2.56 bits per heavy atom. The Kier molecular flexibility index (Phi) is 3.34. The number of allylic oxidation sites excluding steroid dienone is 2.